The van der Waals surface area contributed by atoms with Crippen LogP contribution in [0.25, 0.3) is 0 Å². The van der Waals surface area contributed by atoms with Crippen LogP contribution in [-0.2, 0) is 0 Å². The van der Waals surface area contributed by atoms with Crippen molar-refractivity contribution >= 4 is 5.91 Å². The van der Waals surface area contributed by atoms with Crippen molar-refractivity contribution in [3.05, 3.63) is 29.8 Å². The van der Waals surface area contributed by atoms with E-state index in [0.717, 1.165) is 12.7 Å². The van der Waals surface area contributed by atoms with Crippen LogP contribution in [0.5, 0.6) is 0 Å². The maximum atomic E-state index is 13.6. The molecule has 0 aliphatic rings. The maximum absolute atomic E-state index is 13.6. The molecule has 0 aliphatic carbocycles. The van der Waals surface area contributed by atoms with Gasteiger partial charge in [0.05, 0.1) is 11.8 Å². The molecule has 0 N–H and O–H groups in total. The van der Waals surface area contributed by atoms with Crippen LogP contribution in [0.2, 0.25) is 0 Å². The van der Waals surface area contributed by atoms with E-state index in [1.807, 2.05) is 32.8 Å². The Hall–Kier alpha value is -1.49. The molecule has 0 spiro atoms. The molecule has 0 fully saturated rings. The Bertz CT molecular complexity index is 421. The van der Waals surface area contributed by atoms with Crippen molar-refractivity contribution in [1.29, 1.82) is 0 Å². The highest BCUT2D eigenvalue weighted by molar-refractivity contribution is 5.94. The number of nitrogens with zero attached hydrogens (tertiary/aromatic N) is 3. The van der Waals surface area contributed by atoms with Crippen LogP contribution in [0.3, 0.4) is 0 Å². The van der Waals surface area contributed by atoms with Crippen LogP contribution < -0.4 is 0 Å². The van der Waals surface area contributed by atoms with Crippen molar-refractivity contribution in [1.82, 2.24) is 14.8 Å². The van der Waals surface area contributed by atoms with Crippen LogP contribution in [0.4, 0.5) is 4.39 Å². The highest BCUT2D eigenvalue weighted by Crippen LogP contribution is 2.10. The second kappa shape index (κ2) is 7.19. The zero-order valence-corrected chi connectivity index (χ0v) is 12.1. The minimum atomic E-state index is -0.564. The number of hydrogen-bond donors (Lipinski definition) is 0. The van der Waals surface area contributed by atoms with E-state index < -0.39 is 5.82 Å². The summed E-state index contributed by atoms with van der Waals surface area (Å²) in [5.74, 6) is -0.488. The molecule has 1 heterocycles. The number of amides is 1. The lowest BCUT2D eigenvalue weighted by Gasteiger charge is -2.26. The first-order chi connectivity index (χ1) is 8.91. The molecule has 4 nitrogen and oxygen atoms in total. The molecule has 0 radical (unpaired) electrons. The SMILES string of the molecule is CC(C)CN(CCN(C)C)C(=O)c1ccncc1F. The summed E-state index contributed by atoms with van der Waals surface area (Å²) in [5.41, 5.74) is 0.0920. The van der Waals surface area contributed by atoms with Gasteiger partial charge in [-0.05, 0) is 26.1 Å². The van der Waals surface area contributed by atoms with Crippen LogP contribution in [0.1, 0.15) is 24.2 Å². The third-order valence-electron chi connectivity index (χ3n) is 2.69. The van der Waals surface area contributed by atoms with Crippen LogP contribution in [-0.4, -0.2) is 54.4 Å². The highest BCUT2D eigenvalue weighted by Gasteiger charge is 2.19. The van der Waals surface area contributed by atoms with Gasteiger partial charge in [0.2, 0.25) is 0 Å². The van der Waals surface area contributed by atoms with Gasteiger partial charge in [-0.1, -0.05) is 13.8 Å². The number of rotatable bonds is 6. The zero-order chi connectivity index (χ0) is 14.4. The molecule has 1 amide bonds. The molecule has 0 aromatic carbocycles. The maximum Gasteiger partial charge on any atom is 0.256 e. The summed E-state index contributed by atoms with van der Waals surface area (Å²) in [6.45, 7) is 6.04. The molecule has 0 bridgehead atoms. The van der Waals surface area contributed by atoms with E-state index in [-0.39, 0.29) is 11.5 Å². The molecule has 106 valence electrons. The van der Waals surface area contributed by atoms with Crippen LogP contribution in [0.15, 0.2) is 18.5 Å². The number of aromatic nitrogens is 1. The summed E-state index contributed by atoms with van der Waals surface area (Å²) in [6.07, 6.45) is 2.52. The fraction of sp³-hybridized carbons (Fsp3) is 0.571. The second-order valence-corrected chi connectivity index (χ2v) is 5.30. The smallest absolute Gasteiger partial charge is 0.256 e. The number of pyridine rings is 1. The predicted molar refractivity (Wildman–Crippen MR) is 73.5 cm³/mol. The molecule has 0 saturated heterocycles. The summed E-state index contributed by atoms with van der Waals surface area (Å²) in [4.78, 5) is 19.7. The van der Waals surface area contributed by atoms with Gasteiger partial charge in [-0.3, -0.25) is 9.78 Å². The Morgan fingerprint density at radius 1 is 1.37 bits per heavy atom. The average Bonchev–Trinajstić information content (AvgIpc) is 2.33. The van der Waals surface area contributed by atoms with E-state index >= 15 is 0 Å². The molecule has 1 rings (SSSR count). The van der Waals surface area contributed by atoms with Crippen molar-refractivity contribution < 1.29 is 9.18 Å². The molecular formula is C14H22FN3O. The standard InChI is InChI=1S/C14H22FN3O/c1-11(2)10-18(8-7-17(3)4)14(19)12-5-6-16-9-13(12)15/h5-6,9,11H,7-8,10H2,1-4H3. The van der Waals surface area contributed by atoms with E-state index in [2.05, 4.69) is 4.98 Å². The first-order valence-corrected chi connectivity index (χ1v) is 6.45. The third-order valence-corrected chi connectivity index (χ3v) is 2.69. The fourth-order valence-corrected chi connectivity index (χ4v) is 1.76. The third kappa shape index (κ3) is 4.95. The lowest BCUT2D eigenvalue weighted by molar-refractivity contribution is 0.0719. The Morgan fingerprint density at radius 2 is 2.05 bits per heavy atom. The van der Waals surface area contributed by atoms with Gasteiger partial charge < -0.3 is 9.80 Å². The quantitative estimate of drug-likeness (QED) is 0.789. The zero-order valence-electron chi connectivity index (χ0n) is 12.1. The Kier molecular flexibility index (Phi) is 5.89. The van der Waals surface area contributed by atoms with Gasteiger partial charge >= 0.3 is 0 Å². The van der Waals surface area contributed by atoms with Gasteiger partial charge in [0, 0.05) is 25.8 Å². The van der Waals surface area contributed by atoms with Crippen molar-refractivity contribution in [2.45, 2.75) is 13.8 Å². The van der Waals surface area contributed by atoms with Gasteiger partial charge in [-0.15, -0.1) is 0 Å². The summed E-state index contributed by atoms with van der Waals surface area (Å²) >= 11 is 0. The molecule has 1 aromatic rings. The van der Waals surface area contributed by atoms with Crippen molar-refractivity contribution in [2.75, 3.05) is 33.7 Å². The van der Waals surface area contributed by atoms with E-state index in [0.29, 0.717) is 19.0 Å². The Labute approximate surface area is 114 Å². The summed E-state index contributed by atoms with van der Waals surface area (Å²) in [6, 6.07) is 1.43. The van der Waals surface area contributed by atoms with E-state index in [9.17, 15) is 9.18 Å². The van der Waals surface area contributed by atoms with Crippen molar-refractivity contribution in [3.63, 3.8) is 0 Å². The molecule has 0 atom stereocenters. The predicted octanol–water partition coefficient (Wildman–Crippen LogP) is 1.88. The van der Waals surface area contributed by atoms with Crippen molar-refractivity contribution in [2.24, 2.45) is 5.92 Å². The second-order valence-electron chi connectivity index (χ2n) is 5.30. The number of carbonyl (C=O) groups is 1. The summed E-state index contributed by atoms with van der Waals surface area (Å²) < 4.78 is 13.6. The van der Waals surface area contributed by atoms with E-state index in [1.165, 1.54) is 12.3 Å². The largest absolute Gasteiger partial charge is 0.337 e. The number of hydrogen-bond acceptors (Lipinski definition) is 3. The van der Waals surface area contributed by atoms with Gasteiger partial charge in [0.25, 0.3) is 5.91 Å². The topological polar surface area (TPSA) is 36.4 Å². The summed E-state index contributed by atoms with van der Waals surface area (Å²) in [7, 11) is 3.90. The van der Waals surface area contributed by atoms with Gasteiger partial charge in [0.15, 0.2) is 5.82 Å². The minimum Gasteiger partial charge on any atom is -0.337 e. The minimum absolute atomic E-state index is 0.0920. The molecular weight excluding hydrogens is 245 g/mol. The Balaban J connectivity index is 2.84. The average molecular weight is 267 g/mol. The van der Waals surface area contributed by atoms with Gasteiger partial charge in [0.1, 0.15) is 0 Å². The van der Waals surface area contributed by atoms with Crippen molar-refractivity contribution in [3.8, 4) is 0 Å². The normalized spacial score (nSPS) is 11.1. The van der Waals surface area contributed by atoms with Gasteiger partial charge in [-0.25, -0.2) is 4.39 Å². The van der Waals surface area contributed by atoms with Gasteiger partial charge in [-0.2, -0.15) is 0 Å². The number of carbonyl (C=O) groups excluding carboxylic acids is 1. The highest BCUT2D eigenvalue weighted by atomic mass is 19.1. The molecule has 1 aromatic heterocycles. The first-order valence-electron chi connectivity index (χ1n) is 6.45. The molecule has 19 heavy (non-hydrogen) atoms. The fourth-order valence-electron chi connectivity index (χ4n) is 1.76. The molecule has 0 saturated carbocycles. The lowest BCUT2D eigenvalue weighted by Crippen LogP contribution is -2.39. The van der Waals surface area contributed by atoms with E-state index in [1.54, 1.807) is 4.90 Å². The molecule has 0 aliphatic heterocycles. The molecule has 0 unspecified atom stereocenters. The Morgan fingerprint density at radius 3 is 2.58 bits per heavy atom. The van der Waals surface area contributed by atoms with Crippen LogP contribution >= 0.6 is 0 Å². The van der Waals surface area contributed by atoms with E-state index in [4.69, 9.17) is 0 Å². The number of likely N-dealkylation sites (N-methyl/N-ethyl adjacent to an activating group) is 1. The van der Waals surface area contributed by atoms with Crippen LogP contribution in [0, 0.1) is 11.7 Å². The first kappa shape index (κ1) is 15.6. The lowest BCUT2D eigenvalue weighted by atomic mass is 10.1. The number of halogens is 1. The monoisotopic (exact) mass is 267 g/mol. The summed E-state index contributed by atoms with van der Waals surface area (Å²) in [5, 5.41) is 0. The molecule has 5 heteroatoms.